The summed E-state index contributed by atoms with van der Waals surface area (Å²) in [5.41, 5.74) is 1.92. The number of aliphatic hydroxyl groups is 1. The van der Waals surface area contributed by atoms with Crippen LogP contribution < -0.4 is 4.72 Å². The molecule has 2 rings (SSSR count). The molecule has 110 valence electrons. The zero-order valence-corrected chi connectivity index (χ0v) is 12.4. The summed E-state index contributed by atoms with van der Waals surface area (Å²) in [6, 6.07) is 1.44. The van der Waals surface area contributed by atoms with Crippen molar-refractivity contribution < 1.29 is 18.0 Å². The zero-order chi connectivity index (χ0) is 14.9. The van der Waals surface area contributed by atoms with Gasteiger partial charge in [0.05, 0.1) is 17.2 Å². The summed E-state index contributed by atoms with van der Waals surface area (Å²) in [7, 11) is -1.95. The highest BCUT2D eigenvalue weighted by molar-refractivity contribution is 7.89. The van der Waals surface area contributed by atoms with E-state index in [1.54, 1.807) is 25.5 Å². The predicted molar refractivity (Wildman–Crippen MR) is 71.3 cm³/mol. The lowest BCUT2D eigenvalue weighted by Gasteiger charge is -2.04. The van der Waals surface area contributed by atoms with Gasteiger partial charge in [0.1, 0.15) is 5.76 Å². The highest BCUT2D eigenvalue weighted by atomic mass is 32.2. The first-order valence-corrected chi connectivity index (χ1v) is 7.51. The van der Waals surface area contributed by atoms with Crippen molar-refractivity contribution in [3.63, 3.8) is 0 Å². The maximum absolute atomic E-state index is 12.2. The molecule has 0 spiro atoms. The second-order valence-corrected chi connectivity index (χ2v) is 6.33. The van der Waals surface area contributed by atoms with Crippen LogP contribution in [0.1, 0.15) is 22.7 Å². The first-order chi connectivity index (χ1) is 9.35. The van der Waals surface area contributed by atoms with Gasteiger partial charge in [-0.15, -0.1) is 0 Å². The van der Waals surface area contributed by atoms with Crippen molar-refractivity contribution in [2.45, 2.75) is 31.9 Å². The van der Waals surface area contributed by atoms with Crippen LogP contribution in [0.5, 0.6) is 0 Å². The van der Waals surface area contributed by atoms with E-state index in [4.69, 9.17) is 9.63 Å². The van der Waals surface area contributed by atoms with Crippen LogP contribution in [-0.4, -0.2) is 23.2 Å². The van der Waals surface area contributed by atoms with Crippen LogP contribution in [0.15, 0.2) is 21.7 Å². The van der Waals surface area contributed by atoms with Crippen LogP contribution >= 0.6 is 0 Å². The highest BCUT2D eigenvalue weighted by Gasteiger charge is 2.19. The molecule has 0 bridgehead atoms. The van der Waals surface area contributed by atoms with Crippen molar-refractivity contribution in [1.29, 1.82) is 0 Å². The molecule has 2 N–H and O–H groups in total. The minimum Gasteiger partial charge on any atom is -0.390 e. The molecule has 0 radical (unpaired) electrons. The third kappa shape index (κ3) is 2.77. The number of rotatable bonds is 5. The van der Waals surface area contributed by atoms with Crippen molar-refractivity contribution in [3.05, 3.63) is 35.0 Å². The van der Waals surface area contributed by atoms with E-state index in [-0.39, 0.29) is 18.0 Å². The quantitative estimate of drug-likeness (QED) is 0.842. The van der Waals surface area contributed by atoms with Gasteiger partial charge in [-0.25, -0.2) is 13.1 Å². The Balaban J connectivity index is 2.19. The van der Waals surface area contributed by atoms with E-state index in [2.05, 4.69) is 9.88 Å². The molecule has 0 unspecified atom stereocenters. The van der Waals surface area contributed by atoms with Crippen molar-refractivity contribution >= 4 is 10.0 Å². The standard InChI is InChI=1S/C12H17N3O4S/c1-8-12(9(2)19-14-8)5-13-20(17,18)11-4-10(7-16)15(3)6-11/h4,6,13,16H,5,7H2,1-3H3. The molecule has 0 aromatic carbocycles. The number of nitrogens with zero attached hydrogens (tertiary/aromatic N) is 2. The van der Waals surface area contributed by atoms with Crippen LogP contribution in [0.2, 0.25) is 0 Å². The van der Waals surface area contributed by atoms with Crippen LogP contribution in [-0.2, 0) is 30.2 Å². The summed E-state index contributed by atoms with van der Waals surface area (Å²) in [6.45, 7) is 3.39. The number of sulfonamides is 1. The zero-order valence-electron chi connectivity index (χ0n) is 11.5. The number of aryl methyl sites for hydroxylation is 3. The molecule has 20 heavy (non-hydrogen) atoms. The van der Waals surface area contributed by atoms with Gasteiger partial charge in [-0.2, -0.15) is 0 Å². The molecule has 0 amide bonds. The smallest absolute Gasteiger partial charge is 0.242 e. The fourth-order valence-electron chi connectivity index (χ4n) is 1.89. The molecular weight excluding hydrogens is 282 g/mol. The van der Waals surface area contributed by atoms with E-state index in [1.807, 2.05) is 0 Å². The summed E-state index contributed by atoms with van der Waals surface area (Å²) in [6.07, 6.45) is 1.46. The Hall–Kier alpha value is -1.64. The van der Waals surface area contributed by atoms with E-state index < -0.39 is 10.0 Å². The molecule has 0 fully saturated rings. The van der Waals surface area contributed by atoms with Crippen molar-refractivity contribution in [2.24, 2.45) is 7.05 Å². The SMILES string of the molecule is Cc1noc(C)c1CNS(=O)(=O)c1cc(CO)n(C)c1. The summed E-state index contributed by atoms with van der Waals surface area (Å²) in [5.74, 6) is 0.592. The van der Waals surface area contributed by atoms with Crippen LogP contribution in [0, 0.1) is 13.8 Å². The number of hydrogen-bond acceptors (Lipinski definition) is 5. The van der Waals surface area contributed by atoms with Gasteiger partial charge in [0, 0.05) is 31.0 Å². The molecule has 2 aromatic rings. The van der Waals surface area contributed by atoms with Crippen molar-refractivity contribution in [1.82, 2.24) is 14.4 Å². The maximum atomic E-state index is 12.2. The van der Waals surface area contributed by atoms with Crippen LogP contribution in [0.3, 0.4) is 0 Å². The summed E-state index contributed by atoms with van der Waals surface area (Å²) in [5, 5.41) is 12.9. The van der Waals surface area contributed by atoms with E-state index in [9.17, 15) is 8.42 Å². The lowest BCUT2D eigenvalue weighted by Crippen LogP contribution is -2.23. The minimum absolute atomic E-state index is 0.118. The molecule has 0 aliphatic carbocycles. The fourth-order valence-corrected chi connectivity index (χ4v) is 2.98. The summed E-state index contributed by atoms with van der Waals surface area (Å²) >= 11 is 0. The van der Waals surface area contributed by atoms with Gasteiger partial charge < -0.3 is 14.2 Å². The molecule has 0 aliphatic rings. The van der Waals surface area contributed by atoms with Gasteiger partial charge in [0.15, 0.2) is 0 Å². The predicted octanol–water partition coefficient (Wildman–Crippen LogP) is 0.601. The van der Waals surface area contributed by atoms with Gasteiger partial charge in [0.25, 0.3) is 0 Å². The molecule has 2 heterocycles. The average molecular weight is 299 g/mol. The third-order valence-electron chi connectivity index (χ3n) is 3.18. The Morgan fingerprint density at radius 2 is 2.15 bits per heavy atom. The molecule has 2 aromatic heterocycles. The number of nitrogens with one attached hydrogen (secondary N) is 1. The Bertz CT molecular complexity index is 696. The van der Waals surface area contributed by atoms with E-state index in [1.165, 1.54) is 12.3 Å². The second-order valence-electron chi connectivity index (χ2n) is 4.56. The maximum Gasteiger partial charge on any atom is 0.242 e. The van der Waals surface area contributed by atoms with Crippen molar-refractivity contribution in [3.8, 4) is 0 Å². The topological polar surface area (TPSA) is 97.4 Å². The first-order valence-electron chi connectivity index (χ1n) is 6.02. The third-order valence-corrected chi connectivity index (χ3v) is 4.54. The highest BCUT2D eigenvalue weighted by Crippen LogP contribution is 2.16. The van der Waals surface area contributed by atoms with E-state index >= 15 is 0 Å². The first kappa shape index (κ1) is 14.8. The lowest BCUT2D eigenvalue weighted by molar-refractivity contribution is 0.272. The average Bonchev–Trinajstić information content (AvgIpc) is 2.92. The second kappa shape index (κ2) is 5.39. The summed E-state index contributed by atoms with van der Waals surface area (Å²) in [4.78, 5) is 0.121. The number of aromatic nitrogens is 2. The Labute approximate surface area is 117 Å². The Kier molecular flexibility index (Phi) is 3.98. The van der Waals surface area contributed by atoms with E-state index in [0.29, 0.717) is 17.1 Å². The summed E-state index contributed by atoms with van der Waals surface area (Å²) < 4.78 is 33.4. The molecule has 8 heteroatoms. The minimum atomic E-state index is -3.63. The van der Waals surface area contributed by atoms with Gasteiger partial charge in [-0.3, -0.25) is 0 Å². The number of hydrogen-bond donors (Lipinski definition) is 2. The lowest BCUT2D eigenvalue weighted by atomic mass is 10.2. The molecule has 0 saturated carbocycles. The van der Waals surface area contributed by atoms with E-state index in [0.717, 1.165) is 5.56 Å². The van der Waals surface area contributed by atoms with Gasteiger partial charge in [-0.05, 0) is 19.9 Å². The fraction of sp³-hybridized carbons (Fsp3) is 0.417. The molecule has 0 aliphatic heterocycles. The normalized spacial score (nSPS) is 12.0. The number of aliphatic hydroxyl groups excluding tert-OH is 1. The van der Waals surface area contributed by atoms with Gasteiger partial charge >= 0.3 is 0 Å². The molecule has 0 saturated heterocycles. The van der Waals surface area contributed by atoms with Gasteiger partial charge in [-0.1, -0.05) is 5.16 Å². The molecule has 0 atom stereocenters. The van der Waals surface area contributed by atoms with Crippen LogP contribution in [0.4, 0.5) is 0 Å². The molecular formula is C12H17N3O4S. The Morgan fingerprint density at radius 3 is 2.65 bits per heavy atom. The monoisotopic (exact) mass is 299 g/mol. The van der Waals surface area contributed by atoms with Crippen LogP contribution in [0.25, 0.3) is 0 Å². The van der Waals surface area contributed by atoms with Crippen molar-refractivity contribution in [2.75, 3.05) is 0 Å². The van der Waals surface area contributed by atoms with Gasteiger partial charge in [0.2, 0.25) is 10.0 Å². The molecule has 7 nitrogen and oxygen atoms in total. The Morgan fingerprint density at radius 1 is 1.45 bits per heavy atom. The largest absolute Gasteiger partial charge is 0.390 e.